The number of nitrogens with zero attached hydrogens (tertiary/aromatic N) is 4. The average Bonchev–Trinajstić information content (AvgIpc) is 3.86. The molecule has 8 rings (SSSR count). The molecule has 0 aliphatic carbocycles. The van der Waals surface area contributed by atoms with Gasteiger partial charge in [0.15, 0.2) is 6.20 Å². The molecule has 0 saturated carbocycles. The number of likely N-dealkylation sites (N-methyl/N-ethyl adjacent to an activating group) is 1. The van der Waals surface area contributed by atoms with Crippen molar-refractivity contribution in [3.05, 3.63) is 160 Å². The van der Waals surface area contributed by atoms with Gasteiger partial charge in [-0.1, -0.05) is 60.7 Å². The van der Waals surface area contributed by atoms with Crippen LogP contribution in [-0.4, -0.2) is 92.9 Å². The zero-order valence-corrected chi connectivity index (χ0v) is 45.3. The fourth-order valence-corrected chi connectivity index (χ4v) is 9.79. The molecule has 13 nitrogen and oxygen atoms in total. The highest BCUT2D eigenvalue weighted by Gasteiger charge is 2.33. The number of hydrogen-bond donors (Lipinski definition) is 1. The molecule has 4 unspecified atom stereocenters. The number of fused-ring (bicyclic) bond motifs is 2. The summed E-state index contributed by atoms with van der Waals surface area (Å²) in [7, 11) is 11.4. The number of hydrogen-bond acceptors (Lipinski definition) is 10. The van der Waals surface area contributed by atoms with Gasteiger partial charge in [0, 0.05) is 64.5 Å². The van der Waals surface area contributed by atoms with Gasteiger partial charge >= 0.3 is 11.9 Å². The maximum atomic E-state index is 12.6. The number of rotatable bonds is 16. The van der Waals surface area contributed by atoms with E-state index >= 15 is 0 Å². The Bertz CT molecular complexity index is 2820. The number of carbonyl (C=O) groups excluding carboxylic acids is 2. The van der Waals surface area contributed by atoms with Crippen LogP contribution in [0.25, 0.3) is 21.8 Å². The highest BCUT2D eigenvalue weighted by Crippen LogP contribution is 2.38. The van der Waals surface area contributed by atoms with E-state index in [1.54, 1.807) is 14.2 Å². The summed E-state index contributed by atoms with van der Waals surface area (Å²) in [6.45, 7) is 11.8. The van der Waals surface area contributed by atoms with Crippen LogP contribution < -0.4 is 38.0 Å². The molecule has 4 atom stereocenters. The largest absolute Gasteiger partial charge is 1.00 e. The summed E-state index contributed by atoms with van der Waals surface area (Å²) in [6, 6.07) is 37.0. The van der Waals surface area contributed by atoms with Crippen LogP contribution in [0.3, 0.4) is 0 Å². The molecule has 0 radical (unpaired) electrons. The molecule has 14 heteroatoms. The highest BCUT2D eigenvalue weighted by atomic mass is 127. The fourth-order valence-electron chi connectivity index (χ4n) is 9.79. The van der Waals surface area contributed by atoms with Crippen molar-refractivity contribution in [1.29, 1.82) is 0 Å². The fraction of sp³-hybridized carbons (Fsp3) is 0.386. The summed E-state index contributed by atoms with van der Waals surface area (Å²) in [6.07, 6.45) is 4.23. The summed E-state index contributed by atoms with van der Waals surface area (Å²) in [5.41, 5.74) is 9.73. The second kappa shape index (κ2) is 26.6. The van der Waals surface area contributed by atoms with Crippen LogP contribution in [0.2, 0.25) is 0 Å². The number of pyridine rings is 1. The molecule has 7 aromatic rings. The molecule has 0 spiro atoms. The first kappa shape index (κ1) is 56.1. The average molecular weight is 1080 g/mol. The van der Waals surface area contributed by atoms with Gasteiger partial charge in [-0.25, -0.2) is 14.2 Å². The van der Waals surface area contributed by atoms with Crippen molar-refractivity contribution in [3.8, 4) is 11.5 Å². The Morgan fingerprint density at radius 3 is 1.70 bits per heavy atom. The number of para-hydroxylation sites is 2. The zero-order valence-electron chi connectivity index (χ0n) is 43.1. The SMILES string of the molecule is CO.COC(=O)c1c(C)n(C(C)C2CCN(C)C(COCc3ccc(OC)cc3)C2)c2ccccc12.COC(=O)c1c(C)n(C(C)c2cc[n+](C)c(COCc3ccc(OC)cc3)c2)c2ccccc12.[I-]. The smallest absolute Gasteiger partial charge is 0.340 e. The molecule has 4 aromatic carbocycles. The van der Waals surface area contributed by atoms with Gasteiger partial charge in [-0.05, 0) is 113 Å². The van der Waals surface area contributed by atoms with Crippen molar-refractivity contribution in [2.45, 2.75) is 78.5 Å². The van der Waals surface area contributed by atoms with E-state index in [1.165, 1.54) is 14.2 Å². The Kier molecular flexibility index (Phi) is 21.0. The van der Waals surface area contributed by atoms with Crippen molar-refractivity contribution >= 4 is 33.7 Å². The minimum Gasteiger partial charge on any atom is -1.00 e. The van der Waals surface area contributed by atoms with Gasteiger partial charge in [0.05, 0.1) is 65.4 Å². The molecule has 71 heavy (non-hydrogen) atoms. The van der Waals surface area contributed by atoms with Crippen LogP contribution in [0.1, 0.15) is 93.3 Å². The summed E-state index contributed by atoms with van der Waals surface area (Å²) in [5, 5.41) is 8.87. The maximum absolute atomic E-state index is 12.6. The van der Waals surface area contributed by atoms with E-state index in [4.69, 9.17) is 33.5 Å². The van der Waals surface area contributed by atoms with Crippen LogP contribution in [0.5, 0.6) is 11.5 Å². The molecule has 3 aromatic heterocycles. The van der Waals surface area contributed by atoms with Crippen LogP contribution in [0, 0.1) is 19.8 Å². The minimum atomic E-state index is -0.313. The molecular formula is C57H71IN4O9. The standard InChI is InChI=1S/C28H36N2O4.C28H31N2O4.CH4O.HI/c2*1-19(30-20(2)27(28(31)33-5)25-8-6-7-9-26(25)30)22-14-15-29(3)23(16-22)18-34-17-21-10-12-24(32-4)13-11-21;1-2;/h6-13,19,22-23H,14-18H2,1-5H3;6-16,19H,17-18H2,1-5H3;2H,1H3;1H/q;+1;;/p-1. The Labute approximate surface area is 436 Å². The number of piperidine rings is 1. The molecule has 380 valence electrons. The third-order valence-corrected chi connectivity index (χ3v) is 13.8. The molecule has 1 saturated heterocycles. The van der Waals surface area contributed by atoms with E-state index < -0.39 is 0 Å². The number of aromatic nitrogens is 3. The van der Waals surface area contributed by atoms with Crippen molar-refractivity contribution in [2.24, 2.45) is 13.0 Å². The van der Waals surface area contributed by atoms with Gasteiger partial charge in [0.1, 0.15) is 25.2 Å². The van der Waals surface area contributed by atoms with Gasteiger partial charge in [0.2, 0.25) is 5.69 Å². The number of likely N-dealkylation sites (tertiary alicyclic amines) is 1. The topological polar surface area (TPSA) is 127 Å². The number of benzene rings is 4. The number of methoxy groups -OCH3 is 4. The molecular weight excluding hydrogens is 1010 g/mol. The lowest BCUT2D eigenvalue weighted by atomic mass is 9.86. The molecule has 0 amide bonds. The maximum Gasteiger partial charge on any atom is 0.340 e. The highest BCUT2D eigenvalue weighted by molar-refractivity contribution is 6.06. The van der Waals surface area contributed by atoms with Crippen LogP contribution in [-0.2, 0) is 45.8 Å². The lowest BCUT2D eigenvalue weighted by Crippen LogP contribution is -3.00. The van der Waals surface area contributed by atoms with Crippen LogP contribution in [0.15, 0.2) is 115 Å². The van der Waals surface area contributed by atoms with Crippen molar-refractivity contribution in [3.63, 3.8) is 0 Å². The second-order valence-corrected chi connectivity index (χ2v) is 17.8. The second-order valence-electron chi connectivity index (χ2n) is 17.8. The Balaban J connectivity index is 0.000000252. The van der Waals surface area contributed by atoms with E-state index in [9.17, 15) is 9.59 Å². The first-order chi connectivity index (χ1) is 33.9. The number of aliphatic hydroxyl groups is 1. The van der Waals surface area contributed by atoms with Gasteiger partial charge in [-0.2, -0.15) is 0 Å². The third-order valence-electron chi connectivity index (χ3n) is 13.8. The first-order valence-corrected chi connectivity index (χ1v) is 23.8. The van der Waals surface area contributed by atoms with E-state index in [0.29, 0.717) is 49.5 Å². The van der Waals surface area contributed by atoms with Gasteiger partial charge < -0.3 is 71.5 Å². The van der Waals surface area contributed by atoms with Crippen molar-refractivity contribution in [1.82, 2.24) is 14.0 Å². The summed E-state index contributed by atoms with van der Waals surface area (Å²) in [4.78, 5) is 27.5. The predicted molar refractivity (Wildman–Crippen MR) is 274 cm³/mol. The number of halogens is 1. The van der Waals surface area contributed by atoms with Gasteiger partial charge in [0.25, 0.3) is 0 Å². The van der Waals surface area contributed by atoms with Crippen molar-refractivity contribution in [2.75, 3.05) is 55.7 Å². The Morgan fingerprint density at radius 1 is 0.690 bits per heavy atom. The minimum absolute atomic E-state index is 0. The van der Waals surface area contributed by atoms with Gasteiger partial charge in [-0.3, -0.25) is 0 Å². The van der Waals surface area contributed by atoms with E-state index in [2.05, 4.69) is 63.9 Å². The number of ether oxygens (including phenoxy) is 6. The molecule has 1 aliphatic heterocycles. The van der Waals surface area contributed by atoms with Crippen LogP contribution in [0.4, 0.5) is 0 Å². The van der Waals surface area contributed by atoms with E-state index in [-0.39, 0.29) is 48.0 Å². The molecule has 1 N–H and O–H groups in total. The lowest BCUT2D eigenvalue weighted by Gasteiger charge is -2.40. The number of aliphatic hydroxyl groups excluding tert-OH is 1. The quantitative estimate of drug-likeness (QED) is 0.0632. The monoisotopic (exact) mass is 1080 g/mol. The first-order valence-electron chi connectivity index (χ1n) is 23.8. The lowest BCUT2D eigenvalue weighted by molar-refractivity contribution is -0.681. The molecule has 1 aliphatic rings. The Hall–Kier alpha value is -5.78. The Morgan fingerprint density at radius 2 is 1.18 bits per heavy atom. The van der Waals surface area contributed by atoms with Gasteiger partial charge in [-0.15, -0.1) is 0 Å². The number of esters is 2. The third kappa shape index (κ3) is 13.0. The van der Waals surface area contributed by atoms with Crippen LogP contribution >= 0.6 is 0 Å². The summed E-state index contributed by atoms with van der Waals surface area (Å²) < 4.78 is 39.4. The summed E-state index contributed by atoms with van der Waals surface area (Å²) >= 11 is 0. The number of carbonyl (C=O) groups is 2. The summed E-state index contributed by atoms with van der Waals surface area (Å²) in [5.74, 6) is 1.60. The van der Waals surface area contributed by atoms with E-state index in [0.717, 1.165) is 93.6 Å². The number of aryl methyl sites for hydroxylation is 1. The molecule has 1 fully saturated rings. The zero-order chi connectivity index (χ0) is 50.5. The molecule has 0 bridgehead atoms. The molecule has 4 heterocycles. The predicted octanol–water partition coefficient (Wildman–Crippen LogP) is 6.74. The normalized spacial score (nSPS) is 15.3. The van der Waals surface area contributed by atoms with Crippen molar-refractivity contribution < 1.29 is 71.7 Å². The van der Waals surface area contributed by atoms with E-state index in [1.807, 2.05) is 112 Å².